The predicted molar refractivity (Wildman–Crippen MR) is 219 cm³/mol. The molecule has 4 aliphatic heterocycles. The van der Waals surface area contributed by atoms with Gasteiger partial charge in [0.25, 0.3) is 0 Å². The van der Waals surface area contributed by atoms with Crippen molar-refractivity contribution in [2.45, 2.75) is 202 Å². The van der Waals surface area contributed by atoms with Gasteiger partial charge in [-0.05, 0) is 104 Å². The Morgan fingerprint density at radius 3 is 1.84 bits per heavy atom. The van der Waals surface area contributed by atoms with Gasteiger partial charge in [-0.25, -0.2) is 0 Å². The number of hydrogen-bond donors (Lipinski definition) is 12. The Kier molecular flexibility index (Phi) is 14.9. The Morgan fingerprint density at radius 1 is 0.625 bits per heavy atom. The Bertz CT molecular complexity index is 1560. The molecule has 8 rings (SSSR count). The van der Waals surface area contributed by atoms with Crippen LogP contribution < -0.4 is 0 Å². The minimum absolute atomic E-state index is 0.00000712. The van der Waals surface area contributed by atoms with E-state index in [2.05, 4.69) is 20.8 Å². The summed E-state index contributed by atoms with van der Waals surface area (Å²) in [6.45, 7) is 7.28. The maximum Gasteiger partial charge on any atom is 0.187 e. The van der Waals surface area contributed by atoms with Crippen LogP contribution in [0, 0.1) is 52.3 Å². The van der Waals surface area contributed by atoms with Crippen LogP contribution in [0.15, 0.2) is 0 Å². The van der Waals surface area contributed by atoms with E-state index in [0.717, 1.165) is 44.9 Å². The van der Waals surface area contributed by atoms with Crippen LogP contribution in [0.4, 0.5) is 0 Å². The predicted octanol–water partition coefficient (Wildman–Crippen LogP) is -1.78. The van der Waals surface area contributed by atoms with E-state index in [4.69, 9.17) is 33.2 Å². The molecule has 4 saturated carbocycles. The van der Waals surface area contributed by atoms with Crippen LogP contribution in [-0.4, -0.2) is 198 Å². The minimum atomic E-state index is -1.75. The van der Waals surface area contributed by atoms with Gasteiger partial charge in [0.2, 0.25) is 0 Å². The lowest BCUT2D eigenvalue weighted by atomic mass is 9.44. The summed E-state index contributed by atoms with van der Waals surface area (Å²) >= 11 is 0. The molecule has 19 heteroatoms. The molecule has 8 aliphatic rings. The molecule has 0 aromatic heterocycles. The second-order valence-electron chi connectivity index (χ2n) is 21.5. The fourth-order valence-electron chi connectivity index (χ4n) is 14.2. The van der Waals surface area contributed by atoms with E-state index in [0.29, 0.717) is 42.9 Å². The van der Waals surface area contributed by atoms with Crippen molar-refractivity contribution in [3.8, 4) is 0 Å². The number of ether oxygens (including phenoxy) is 7. The summed E-state index contributed by atoms with van der Waals surface area (Å²) < 4.78 is 42.0. The highest BCUT2D eigenvalue weighted by atomic mass is 16.8. The molecule has 0 aromatic rings. The van der Waals surface area contributed by atoms with Gasteiger partial charge in [0.1, 0.15) is 73.2 Å². The van der Waals surface area contributed by atoms with E-state index >= 15 is 0 Å². The third kappa shape index (κ3) is 8.65. The first-order valence-corrected chi connectivity index (χ1v) is 23.9. The van der Waals surface area contributed by atoms with Crippen LogP contribution in [0.1, 0.15) is 91.9 Å². The maximum atomic E-state index is 12.1. The number of hydrogen-bond acceptors (Lipinski definition) is 19. The van der Waals surface area contributed by atoms with E-state index in [1.807, 2.05) is 6.92 Å². The van der Waals surface area contributed by atoms with Gasteiger partial charge in [-0.2, -0.15) is 0 Å². The van der Waals surface area contributed by atoms with Crippen LogP contribution in [-0.2, 0) is 33.2 Å². The van der Waals surface area contributed by atoms with Crippen molar-refractivity contribution in [2.75, 3.05) is 26.4 Å². The summed E-state index contributed by atoms with van der Waals surface area (Å²) in [5.41, 5.74) is 0.0475. The molecule has 0 aromatic carbocycles. The number of aliphatic hydroxyl groups excluding tert-OH is 11. The summed E-state index contributed by atoms with van der Waals surface area (Å²) in [4.78, 5) is 0. The molecule has 12 N–H and O–H groups in total. The average molecular weight is 921 g/mol. The van der Waals surface area contributed by atoms with Crippen molar-refractivity contribution in [3.05, 3.63) is 0 Å². The molecule has 4 aliphatic carbocycles. The van der Waals surface area contributed by atoms with E-state index in [1.165, 1.54) is 0 Å². The van der Waals surface area contributed by atoms with Gasteiger partial charge in [0.05, 0.1) is 38.6 Å². The van der Waals surface area contributed by atoms with Crippen LogP contribution in [0.2, 0.25) is 0 Å². The quantitative estimate of drug-likeness (QED) is 0.0909. The van der Waals surface area contributed by atoms with Gasteiger partial charge in [-0.15, -0.1) is 0 Å². The maximum absolute atomic E-state index is 12.1. The number of rotatable bonds is 13. The van der Waals surface area contributed by atoms with Crippen LogP contribution in [0.5, 0.6) is 0 Å². The molecule has 4 unspecified atom stereocenters. The highest BCUT2D eigenvalue weighted by Crippen LogP contribution is 2.71. The van der Waals surface area contributed by atoms with Gasteiger partial charge in [-0.1, -0.05) is 27.7 Å². The van der Waals surface area contributed by atoms with Gasteiger partial charge < -0.3 is 94.4 Å². The van der Waals surface area contributed by atoms with Gasteiger partial charge in [-0.3, -0.25) is 0 Å². The van der Waals surface area contributed by atoms with E-state index in [-0.39, 0.29) is 47.4 Å². The van der Waals surface area contributed by atoms with Gasteiger partial charge in [0.15, 0.2) is 24.7 Å². The van der Waals surface area contributed by atoms with Crippen molar-refractivity contribution in [1.82, 2.24) is 0 Å². The smallest absolute Gasteiger partial charge is 0.187 e. The monoisotopic (exact) mass is 920 g/mol. The molecule has 0 spiro atoms. The second-order valence-corrected chi connectivity index (χ2v) is 21.5. The summed E-state index contributed by atoms with van der Waals surface area (Å²) in [6, 6.07) is 0. The van der Waals surface area contributed by atoms with Crippen molar-refractivity contribution in [1.29, 1.82) is 0 Å². The average Bonchev–Trinajstić information content (AvgIpc) is 3.71. The standard InChI is InChI=1S/C45H76O19/c1-19(18-58-40-37(55)34(52)31(49)27(15-46)60-40)7-12-45(57)20(2)30-26(64-45)14-25-23-6-5-21-13-22(8-10-43(21,3)24(23)9-11-44(25,30)4)59-42-39(36(54)33(51)29(17-48)62-42)63-41-38(56)35(53)32(50)28(16-47)61-41/h19-42,46-57H,5-18H2,1-4H3/t19?,20-,21-,22-,23?,24?,25?,26-,27+,28+,29+,30-,31+,32+,33+,34-,35-,36-,37+,38+,39+,40+,41-,42+,43-,44-,45+/m0/s1. The second kappa shape index (κ2) is 19.2. The topological polar surface area (TPSA) is 307 Å². The molecule has 4 saturated heterocycles. The zero-order valence-electron chi connectivity index (χ0n) is 37.5. The summed E-state index contributed by atoms with van der Waals surface area (Å²) in [6.07, 6.45) is -13.7. The molecule has 0 amide bonds. The molecular weight excluding hydrogens is 844 g/mol. The fourth-order valence-corrected chi connectivity index (χ4v) is 14.2. The van der Waals surface area contributed by atoms with Crippen molar-refractivity contribution in [2.24, 2.45) is 52.3 Å². The molecule has 370 valence electrons. The Hall–Kier alpha value is -0.760. The largest absolute Gasteiger partial charge is 0.394 e. The first-order valence-electron chi connectivity index (χ1n) is 23.9. The van der Waals surface area contributed by atoms with E-state index in [9.17, 15) is 61.3 Å². The number of aliphatic hydroxyl groups is 12. The zero-order valence-corrected chi connectivity index (χ0v) is 37.5. The molecule has 27 atom stereocenters. The zero-order chi connectivity index (χ0) is 46.2. The lowest BCUT2D eigenvalue weighted by molar-refractivity contribution is -0.373. The molecule has 8 fully saturated rings. The Labute approximate surface area is 374 Å². The van der Waals surface area contributed by atoms with Crippen molar-refractivity contribution in [3.63, 3.8) is 0 Å². The summed E-state index contributed by atoms with van der Waals surface area (Å²) in [7, 11) is 0. The van der Waals surface area contributed by atoms with Gasteiger partial charge >= 0.3 is 0 Å². The molecule has 0 radical (unpaired) electrons. The van der Waals surface area contributed by atoms with Crippen molar-refractivity contribution < 1.29 is 94.4 Å². The summed E-state index contributed by atoms with van der Waals surface area (Å²) in [5.74, 6) is 0.532. The Morgan fingerprint density at radius 2 is 1.20 bits per heavy atom. The molecule has 64 heavy (non-hydrogen) atoms. The normalized spacial score (nSPS) is 55.6. The number of fused-ring (bicyclic) bond motifs is 7. The summed E-state index contributed by atoms with van der Waals surface area (Å²) in [5, 5.41) is 125. The molecular formula is C45H76O19. The van der Waals surface area contributed by atoms with Crippen LogP contribution >= 0.6 is 0 Å². The lowest BCUT2D eigenvalue weighted by Gasteiger charge is -2.61. The first-order chi connectivity index (χ1) is 30.3. The minimum Gasteiger partial charge on any atom is -0.394 e. The van der Waals surface area contributed by atoms with Crippen molar-refractivity contribution >= 4 is 0 Å². The Balaban J connectivity index is 0.869. The van der Waals surface area contributed by atoms with Gasteiger partial charge in [0, 0.05) is 12.3 Å². The third-order valence-electron chi connectivity index (χ3n) is 18.0. The van der Waals surface area contributed by atoms with Crippen LogP contribution in [0.3, 0.4) is 0 Å². The molecule has 0 bridgehead atoms. The lowest BCUT2D eigenvalue weighted by Crippen LogP contribution is -2.65. The molecule has 19 nitrogen and oxygen atoms in total. The fraction of sp³-hybridized carbons (Fsp3) is 1.00. The highest BCUT2D eigenvalue weighted by molar-refractivity contribution is 5.15. The van der Waals surface area contributed by atoms with E-state index in [1.54, 1.807) is 0 Å². The van der Waals surface area contributed by atoms with Crippen LogP contribution in [0.25, 0.3) is 0 Å². The third-order valence-corrected chi connectivity index (χ3v) is 18.0. The highest BCUT2D eigenvalue weighted by Gasteiger charge is 2.68. The molecule has 4 heterocycles. The SMILES string of the molecule is CC(CC[C@@]1(O)O[C@H]2CC3C4CC[C@H]5C[C@@H](O[C@@H]6O[C@H](CO)[C@@H](O)[C@H](O)[C@H]6O[C@@H]6O[C@H](CO)[C@@H](O)[C@H](O)[C@H]6O)CC[C@]5(C)C4CC[C@]3(C)[C@H]2[C@@H]1C)CO[C@@H]1O[C@H](CO)[C@@H](O)[C@H](O)[C@H]1O. The van der Waals surface area contributed by atoms with E-state index < -0.39 is 118 Å². The first kappa shape index (κ1) is 49.7.